The van der Waals surface area contributed by atoms with Crippen molar-refractivity contribution in [2.75, 3.05) is 91.0 Å². The van der Waals surface area contributed by atoms with Crippen LogP contribution in [0.5, 0.6) is 0 Å². The van der Waals surface area contributed by atoms with Crippen molar-refractivity contribution in [3.63, 3.8) is 0 Å². The van der Waals surface area contributed by atoms with Gasteiger partial charge in [0.1, 0.15) is 0 Å². The molecule has 2 saturated carbocycles. The van der Waals surface area contributed by atoms with E-state index in [1.807, 2.05) is 14.0 Å². The standard InChI is InChI=1S/C66H106N8O4/c1-11-30-71-33-24-52-56-37-66(25-16-26-66)63(56)44(5)43(4)38-73(61(77)13-3)40-49-17-14-31-72(49)42-60(76)68-58(52)41-74-32-15-18-57(69-74)59(75)21-27-65(7,8)36-55-53-35-48(71)19-20-51(53)50(12-2)62(55)54-34-47(46-22-28-67-29-23-46)39-70(9)64(54)45(6)78-10/h19-20,34-35,43-46,49-50,52,54,56-58,63-64,67,69H,11-18,21-33,36-42H2,1-10H3,(H,68,76)/t43?,44?,45-,49-,50?,52-,54+,56?,57?,58+,63?,64?/m0/s1. The van der Waals surface area contributed by atoms with Crippen LogP contribution in [0.3, 0.4) is 0 Å². The second-order valence-electron chi connectivity index (χ2n) is 27.9. The molecule has 8 unspecified atom stereocenters. The first-order chi connectivity index (χ1) is 37.5. The lowest BCUT2D eigenvalue weighted by atomic mass is 9.39. The molecule has 9 aliphatic rings. The minimum atomic E-state index is -0.225. The average molecular weight is 1080 g/mol. The molecule has 12 nitrogen and oxygen atoms in total. The molecule has 3 aliphatic carbocycles. The van der Waals surface area contributed by atoms with Gasteiger partial charge in [0.2, 0.25) is 11.8 Å². The molecule has 6 heterocycles. The van der Waals surface area contributed by atoms with Gasteiger partial charge in [-0.2, -0.15) is 0 Å². The maximum atomic E-state index is 14.9. The average Bonchev–Trinajstić information content (AvgIpc) is 4.07. The number of ketones is 1. The van der Waals surface area contributed by atoms with E-state index in [1.54, 1.807) is 11.1 Å². The minimum absolute atomic E-state index is 0.0548. The zero-order valence-corrected chi connectivity index (χ0v) is 50.5. The SMILES string of the molecule is CCCN1CC[C@H]2C3CC4(CCC4)C3C(C)C(C)CN(C(=O)CC)C[C@@H]3CCCN3CC(=O)N[C@@H]2CN2CCCC(N2)C(=O)CCC(C)(C)CC2=C([C@H]3C=C(C4CCNCC4)CN(C)C3[C@H](C)OC)C(CC)c3ccc1cc32. The first kappa shape index (κ1) is 58.1. The smallest absolute Gasteiger partial charge is 0.234 e. The van der Waals surface area contributed by atoms with Crippen LogP contribution in [0.4, 0.5) is 5.69 Å². The summed E-state index contributed by atoms with van der Waals surface area (Å²) in [4.78, 5) is 53.5. The fourth-order valence-corrected chi connectivity index (χ4v) is 18.0. The number of benzene rings is 1. The first-order valence-corrected chi connectivity index (χ1v) is 32.2. The van der Waals surface area contributed by atoms with Crippen LogP contribution in [0.15, 0.2) is 35.4 Å². The number of nitrogens with zero attached hydrogens (tertiary/aromatic N) is 5. The van der Waals surface area contributed by atoms with Gasteiger partial charge in [-0.05, 0) is 199 Å². The van der Waals surface area contributed by atoms with E-state index >= 15 is 0 Å². The molecule has 4 saturated heterocycles. The van der Waals surface area contributed by atoms with Crippen LogP contribution in [0.1, 0.15) is 182 Å². The minimum Gasteiger partial charge on any atom is -0.380 e. The van der Waals surface area contributed by atoms with E-state index in [1.165, 1.54) is 60.9 Å². The van der Waals surface area contributed by atoms with E-state index in [2.05, 4.69) is 120 Å². The number of fused-ring (bicyclic) bond motifs is 8. The molecule has 1 spiro atoms. The first-order valence-electron chi connectivity index (χ1n) is 32.2. The van der Waals surface area contributed by atoms with Gasteiger partial charge in [0.05, 0.1) is 18.7 Å². The van der Waals surface area contributed by atoms with Crippen LogP contribution in [0.25, 0.3) is 5.57 Å². The second-order valence-corrected chi connectivity index (χ2v) is 27.9. The molecule has 1 aromatic rings. The van der Waals surface area contributed by atoms with Crippen molar-refractivity contribution in [1.82, 2.24) is 35.8 Å². The Hall–Kier alpha value is -3.13. The Morgan fingerprint density at radius 1 is 0.897 bits per heavy atom. The molecule has 2 amide bonds. The number of anilines is 1. The molecule has 6 fully saturated rings. The summed E-state index contributed by atoms with van der Waals surface area (Å²) >= 11 is 0. The molecule has 1 aromatic carbocycles. The summed E-state index contributed by atoms with van der Waals surface area (Å²) in [5.41, 5.74) is 13.0. The summed E-state index contributed by atoms with van der Waals surface area (Å²) in [6, 6.07) is 7.71. The highest BCUT2D eigenvalue weighted by Gasteiger charge is 2.61. The number of rotatable bonds is 8. The fraction of sp³-hybridized carbons (Fsp3) is 0.803. The summed E-state index contributed by atoms with van der Waals surface area (Å²) in [6.45, 7) is 28.3. The Kier molecular flexibility index (Phi) is 18.4. The van der Waals surface area contributed by atoms with Gasteiger partial charge in [0.15, 0.2) is 5.78 Å². The van der Waals surface area contributed by atoms with Crippen LogP contribution >= 0.6 is 0 Å². The number of piperidine rings is 1. The number of hydrazine groups is 1. The van der Waals surface area contributed by atoms with E-state index in [0.29, 0.717) is 79.2 Å². The van der Waals surface area contributed by atoms with Crippen LogP contribution < -0.4 is 21.0 Å². The number of allylic oxidation sites excluding steroid dienone is 1. The molecule has 12 heteroatoms. The molecule has 4 bridgehead atoms. The van der Waals surface area contributed by atoms with Crippen molar-refractivity contribution in [3.8, 4) is 0 Å². The summed E-state index contributed by atoms with van der Waals surface area (Å²) in [5.74, 6) is 3.83. The molecule has 13 atom stereocenters. The predicted molar refractivity (Wildman–Crippen MR) is 317 cm³/mol. The number of methoxy groups -OCH3 is 1. The number of carbonyl (C=O) groups is 3. The topological polar surface area (TPSA) is 113 Å². The third-order valence-electron chi connectivity index (χ3n) is 22.5. The number of ether oxygens (including phenoxy) is 1. The van der Waals surface area contributed by atoms with Gasteiger partial charge in [-0.15, -0.1) is 0 Å². The van der Waals surface area contributed by atoms with Gasteiger partial charge in [0, 0.05) is 101 Å². The zero-order valence-electron chi connectivity index (χ0n) is 50.5. The largest absolute Gasteiger partial charge is 0.380 e. The highest BCUT2D eigenvalue weighted by atomic mass is 16.5. The molecule has 10 rings (SSSR count). The van der Waals surface area contributed by atoms with Crippen LogP contribution in [0, 0.1) is 52.3 Å². The lowest BCUT2D eigenvalue weighted by Gasteiger charge is -2.66. The Morgan fingerprint density at radius 3 is 2.40 bits per heavy atom. The van der Waals surface area contributed by atoms with Crippen molar-refractivity contribution in [2.24, 2.45) is 52.3 Å². The fourth-order valence-electron chi connectivity index (χ4n) is 18.0. The van der Waals surface area contributed by atoms with Gasteiger partial charge < -0.3 is 25.2 Å². The summed E-state index contributed by atoms with van der Waals surface area (Å²) in [5, 5.41) is 9.85. The second kappa shape index (κ2) is 24.8. The Labute approximate surface area is 472 Å². The van der Waals surface area contributed by atoms with Gasteiger partial charge in [-0.3, -0.25) is 24.2 Å². The third kappa shape index (κ3) is 11.9. The van der Waals surface area contributed by atoms with Crippen LogP contribution in [-0.4, -0.2) is 154 Å². The van der Waals surface area contributed by atoms with Crippen molar-refractivity contribution in [2.45, 2.75) is 201 Å². The molecule has 6 aliphatic heterocycles. The highest BCUT2D eigenvalue weighted by Crippen LogP contribution is 2.68. The number of nitrogens with one attached hydrogen (secondary N) is 3. The van der Waals surface area contributed by atoms with Crippen LogP contribution in [-0.2, 0) is 19.1 Å². The molecule has 434 valence electrons. The van der Waals surface area contributed by atoms with Gasteiger partial charge >= 0.3 is 0 Å². The lowest BCUT2D eigenvalue weighted by Crippen LogP contribution is -2.64. The van der Waals surface area contributed by atoms with E-state index in [-0.39, 0.29) is 59.3 Å². The molecular formula is C66H106N8O4. The molecule has 3 N–H and O–H groups in total. The van der Waals surface area contributed by atoms with Crippen molar-refractivity contribution < 1.29 is 19.1 Å². The zero-order chi connectivity index (χ0) is 55.0. The molecule has 78 heavy (non-hydrogen) atoms. The number of hydrogen-bond acceptors (Lipinski definition) is 10. The molecule has 0 radical (unpaired) electrons. The van der Waals surface area contributed by atoms with E-state index in [0.717, 1.165) is 110 Å². The third-order valence-corrected chi connectivity index (χ3v) is 22.5. The van der Waals surface area contributed by atoms with Crippen LogP contribution in [0.2, 0.25) is 0 Å². The quantitative estimate of drug-likeness (QED) is 0.218. The summed E-state index contributed by atoms with van der Waals surface area (Å²) in [6.07, 6.45) is 20.1. The van der Waals surface area contributed by atoms with Crippen molar-refractivity contribution >= 4 is 28.9 Å². The number of carbonyl (C=O) groups excluding carboxylic acids is 3. The maximum Gasteiger partial charge on any atom is 0.234 e. The number of amides is 2. The normalized spacial score (nSPS) is 35.9. The lowest BCUT2D eigenvalue weighted by molar-refractivity contribution is -0.169. The summed E-state index contributed by atoms with van der Waals surface area (Å²) in [7, 11) is 4.25. The van der Waals surface area contributed by atoms with Gasteiger partial charge in [-0.25, -0.2) is 10.4 Å². The van der Waals surface area contributed by atoms with Gasteiger partial charge in [-0.1, -0.05) is 78.2 Å². The van der Waals surface area contributed by atoms with Gasteiger partial charge in [0.25, 0.3) is 0 Å². The molecule has 0 aromatic heterocycles. The summed E-state index contributed by atoms with van der Waals surface area (Å²) < 4.78 is 6.34. The number of likely N-dealkylation sites (N-methyl/N-ethyl adjacent to an activating group) is 1. The van der Waals surface area contributed by atoms with E-state index in [4.69, 9.17) is 4.74 Å². The highest BCUT2D eigenvalue weighted by molar-refractivity contribution is 5.85. The monoisotopic (exact) mass is 1070 g/mol. The van der Waals surface area contributed by atoms with Crippen molar-refractivity contribution in [3.05, 3.63) is 46.5 Å². The van der Waals surface area contributed by atoms with E-state index < -0.39 is 0 Å². The Balaban J connectivity index is 1.08. The maximum absolute atomic E-state index is 14.9. The molecular weight excluding hydrogens is 969 g/mol. The Morgan fingerprint density at radius 2 is 1.68 bits per heavy atom. The number of hydrogen-bond donors (Lipinski definition) is 3. The Bertz CT molecular complexity index is 2340. The number of Topliss-reactive ketones (excluding diaryl/α,β-unsaturated/α-hetero) is 1. The van der Waals surface area contributed by atoms with E-state index in [9.17, 15) is 14.4 Å². The van der Waals surface area contributed by atoms with Crippen molar-refractivity contribution in [1.29, 1.82) is 0 Å². The predicted octanol–water partition coefficient (Wildman–Crippen LogP) is 10.1.